The van der Waals surface area contributed by atoms with Gasteiger partial charge in [0.05, 0.1) is 29.8 Å². The lowest BCUT2D eigenvalue weighted by molar-refractivity contribution is -0.276. The molecule has 4 aromatic carbocycles. The van der Waals surface area contributed by atoms with E-state index in [0.717, 1.165) is 76.9 Å². The standard InChI is InChI=1S/C38H42N4O4/c1-25-35(23-41-19-17-32(18-20-41)42-34-8-3-2-7-33(34)40-38(42)44)45-37(46-36(25)29-11-9-26(24-43)10-12-29)30-15-13-28(14-16-30)31-6-4-5-27(21-31)22-39/h2-16,21,25,32,35-37,43H,17-20,22-24,39H2,1H3,(H,40,44). The molecule has 2 saturated heterocycles. The largest absolute Gasteiger partial charge is 0.392 e. The molecular formula is C38H42N4O4. The lowest BCUT2D eigenvalue weighted by Crippen LogP contribution is -2.47. The van der Waals surface area contributed by atoms with Gasteiger partial charge < -0.3 is 30.2 Å². The molecule has 0 aliphatic carbocycles. The van der Waals surface area contributed by atoms with Gasteiger partial charge in [-0.15, -0.1) is 0 Å². The Kier molecular flexibility index (Phi) is 8.88. The molecule has 0 amide bonds. The molecule has 0 radical (unpaired) electrons. The molecule has 4 unspecified atom stereocenters. The summed E-state index contributed by atoms with van der Waals surface area (Å²) in [5.74, 6) is 0.100. The fourth-order valence-corrected chi connectivity index (χ4v) is 7.09. The second kappa shape index (κ2) is 13.4. The van der Waals surface area contributed by atoms with E-state index in [1.54, 1.807) is 0 Å². The first-order valence-electron chi connectivity index (χ1n) is 16.3. The summed E-state index contributed by atoms with van der Waals surface area (Å²) in [5, 5.41) is 9.60. The van der Waals surface area contributed by atoms with Crippen LogP contribution in [0.3, 0.4) is 0 Å². The number of ether oxygens (including phenoxy) is 2. The Hall–Kier alpha value is -4.05. The number of rotatable bonds is 8. The molecule has 2 fully saturated rings. The second-order valence-corrected chi connectivity index (χ2v) is 12.7. The van der Waals surface area contributed by atoms with E-state index in [2.05, 4.69) is 65.3 Å². The number of piperidine rings is 1. The minimum absolute atomic E-state index is 0.0108. The molecule has 238 valence electrons. The van der Waals surface area contributed by atoms with Crippen molar-refractivity contribution in [2.75, 3.05) is 19.6 Å². The number of likely N-dealkylation sites (tertiary alicyclic amines) is 1. The number of aliphatic hydroxyl groups excluding tert-OH is 1. The lowest BCUT2D eigenvalue weighted by atomic mass is 9.89. The molecule has 8 nitrogen and oxygen atoms in total. The van der Waals surface area contributed by atoms with E-state index >= 15 is 0 Å². The molecule has 0 bridgehead atoms. The highest BCUT2D eigenvalue weighted by Crippen LogP contribution is 2.42. The third-order valence-electron chi connectivity index (χ3n) is 9.79. The minimum Gasteiger partial charge on any atom is -0.392 e. The number of imidazole rings is 1. The van der Waals surface area contributed by atoms with Gasteiger partial charge in [0.15, 0.2) is 6.29 Å². The molecule has 7 rings (SSSR count). The lowest BCUT2D eigenvalue weighted by Gasteiger charge is -2.44. The summed E-state index contributed by atoms with van der Waals surface area (Å²) in [6, 6.07) is 32.9. The Labute approximate surface area is 269 Å². The van der Waals surface area contributed by atoms with E-state index in [-0.39, 0.29) is 36.5 Å². The van der Waals surface area contributed by atoms with Crippen molar-refractivity contribution in [3.63, 3.8) is 0 Å². The SMILES string of the molecule is CC1C(CN2CCC(n3c(=O)[nH]c4ccccc43)CC2)OC(c2ccc(-c3cccc(CN)c3)cc2)OC1c1ccc(CO)cc1. The Bertz CT molecular complexity index is 1820. The molecule has 8 heteroatoms. The third kappa shape index (κ3) is 6.19. The zero-order valence-corrected chi connectivity index (χ0v) is 26.2. The first-order valence-corrected chi connectivity index (χ1v) is 16.3. The topological polar surface area (TPSA) is 106 Å². The molecule has 1 aromatic heterocycles. The van der Waals surface area contributed by atoms with Crippen molar-refractivity contribution in [2.45, 2.75) is 57.5 Å². The summed E-state index contributed by atoms with van der Waals surface area (Å²) < 4.78 is 15.4. The van der Waals surface area contributed by atoms with Crippen LogP contribution in [0.2, 0.25) is 0 Å². The summed E-state index contributed by atoms with van der Waals surface area (Å²) in [4.78, 5) is 18.3. The summed E-state index contributed by atoms with van der Waals surface area (Å²) in [6.45, 7) is 5.29. The van der Waals surface area contributed by atoms with Crippen LogP contribution in [-0.4, -0.2) is 45.3 Å². The van der Waals surface area contributed by atoms with Gasteiger partial charge in [-0.2, -0.15) is 0 Å². The number of benzene rings is 4. The van der Waals surface area contributed by atoms with Crippen LogP contribution in [0.5, 0.6) is 0 Å². The second-order valence-electron chi connectivity index (χ2n) is 12.7. The number of hydrogen-bond acceptors (Lipinski definition) is 6. The summed E-state index contributed by atoms with van der Waals surface area (Å²) >= 11 is 0. The van der Waals surface area contributed by atoms with Crippen molar-refractivity contribution in [2.24, 2.45) is 11.7 Å². The van der Waals surface area contributed by atoms with Crippen molar-refractivity contribution < 1.29 is 14.6 Å². The first-order chi connectivity index (χ1) is 22.5. The summed E-state index contributed by atoms with van der Waals surface area (Å²) in [7, 11) is 0. The number of aromatic nitrogens is 2. The average molecular weight is 619 g/mol. The number of nitrogens with one attached hydrogen (secondary N) is 1. The van der Waals surface area contributed by atoms with E-state index in [1.165, 1.54) is 0 Å². The van der Waals surface area contributed by atoms with Crippen LogP contribution in [0, 0.1) is 5.92 Å². The van der Waals surface area contributed by atoms with Crippen LogP contribution in [0.15, 0.2) is 102 Å². The van der Waals surface area contributed by atoms with Gasteiger partial charge in [0.2, 0.25) is 0 Å². The van der Waals surface area contributed by atoms with Crippen molar-refractivity contribution in [3.8, 4) is 11.1 Å². The molecule has 5 aromatic rings. The molecule has 4 atom stereocenters. The smallest absolute Gasteiger partial charge is 0.326 e. The van der Waals surface area contributed by atoms with Crippen LogP contribution < -0.4 is 11.4 Å². The van der Waals surface area contributed by atoms with Crippen molar-refractivity contribution in [3.05, 3.63) is 130 Å². The van der Waals surface area contributed by atoms with Gasteiger partial charge in [-0.05, 0) is 58.9 Å². The zero-order valence-electron chi connectivity index (χ0n) is 26.2. The highest BCUT2D eigenvalue weighted by atomic mass is 16.7. The fourth-order valence-electron chi connectivity index (χ4n) is 7.09. The number of aromatic amines is 1. The monoisotopic (exact) mass is 618 g/mol. The Morgan fingerprint density at radius 3 is 2.33 bits per heavy atom. The van der Waals surface area contributed by atoms with E-state index in [1.807, 2.05) is 53.1 Å². The van der Waals surface area contributed by atoms with Gasteiger partial charge in [-0.3, -0.25) is 4.57 Å². The van der Waals surface area contributed by atoms with Crippen LogP contribution in [0.1, 0.15) is 60.5 Å². The Balaban J connectivity index is 1.10. The normalized spacial score (nSPS) is 22.8. The van der Waals surface area contributed by atoms with Crippen molar-refractivity contribution in [1.82, 2.24) is 14.5 Å². The molecule has 3 heterocycles. The van der Waals surface area contributed by atoms with E-state index < -0.39 is 6.29 Å². The third-order valence-corrected chi connectivity index (χ3v) is 9.79. The summed E-state index contributed by atoms with van der Waals surface area (Å²) in [6.07, 6.45) is 1.06. The Morgan fingerprint density at radius 2 is 1.59 bits per heavy atom. The van der Waals surface area contributed by atoms with Crippen molar-refractivity contribution in [1.29, 1.82) is 0 Å². The van der Waals surface area contributed by atoms with E-state index in [0.29, 0.717) is 6.54 Å². The maximum absolute atomic E-state index is 12.8. The fraction of sp³-hybridized carbons (Fsp3) is 0.342. The minimum atomic E-state index is -0.518. The van der Waals surface area contributed by atoms with Gasteiger partial charge in [-0.25, -0.2) is 4.79 Å². The van der Waals surface area contributed by atoms with Gasteiger partial charge in [0.25, 0.3) is 0 Å². The molecule has 2 aliphatic heterocycles. The maximum atomic E-state index is 12.8. The van der Waals surface area contributed by atoms with E-state index in [4.69, 9.17) is 15.2 Å². The van der Waals surface area contributed by atoms with Gasteiger partial charge in [0.1, 0.15) is 0 Å². The number of fused-ring (bicyclic) bond motifs is 1. The molecule has 46 heavy (non-hydrogen) atoms. The highest BCUT2D eigenvalue weighted by Gasteiger charge is 2.39. The average Bonchev–Trinajstić information content (AvgIpc) is 3.45. The molecular weight excluding hydrogens is 576 g/mol. The van der Waals surface area contributed by atoms with Crippen LogP contribution in [0.25, 0.3) is 22.2 Å². The Morgan fingerprint density at radius 1 is 0.848 bits per heavy atom. The number of nitrogens with zero attached hydrogens (tertiary/aromatic N) is 2. The van der Waals surface area contributed by atoms with E-state index in [9.17, 15) is 9.90 Å². The molecule has 0 saturated carbocycles. The highest BCUT2D eigenvalue weighted by molar-refractivity contribution is 5.75. The van der Waals surface area contributed by atoms with Gasteiger partial charge in [-0.1, -0.05) is 85.8 Å². The predicted octanol–water partition coefficient (Wildman–Crippen LogP) is 6.08. The predicted molar refractivity (Wildman–Crippen MR) is 180 cm³/mol. The number of nitrogens with two attached hydrogens (primary N) is 1. The number of aliphatic hydroxyl groups is 1. The molecule has 0 spiro atoms. The molecule has 2 aliphatic rings. The van der Waals surface area contributed by atoms with Crippen LogP contribution in [0.4, 0.5) is 0 Å². The van der Waals surface area contributed by atoms with Gasteiger partial charge >= 0.3 is 5.69 Å². The number of hydrogen-bond donors (Lipinski definition) is 3. The van der Waals surface area contributed by atoms with Gasteiger partial charge in [0, 0.05) is 43.7 Å². The first kappa shape index (κ1) is 30.6. The maximum Gasteiger partial charge on any atom is 0.326 e. The number of para-hydroxylation sites is 2. The number of H-pyrrole nitrogens is 1. The van der Waals surface area contributed by atoms with Crippen molar-refractivity contribution >= 4 is 11.0 Å². The van der Waals surface area contributed by atoms with Crippen LogP contribution >= 0.6 is 0 Å². The zero-order chi connectivity index (χ0) is 31.6. The summed E-state index contributed by atoms with van der Waals surface area (Å²) in [5.41, 5.74) is 14.0. The molecule has 4 N–H and O–H groups in total. The van der Waals surface area contributed by atoms with Crippen LogP contribution in [-0.2, 0) is 22.6 Å². The quantitative estimate of drug-likeness (QED) is 0.195.